The molecule has 6 heterocycles. The number of nitrogens with zero attached hydrogens (tertiary/aromatic N) is 10. The van der Waals surface area contributed by atoms with Gasteiger partial charge in [0.25, 0.3) is 0 Å². The lowest BCUT2D eigenvalue weighted by Gasteiger charge is -2.42. The topological polar surface area (TPSA) is 155 Å². The molecule has 4 aromatic heterocycles. The third-order valence-corrected chi connectivity index (χ3v) is 13.7. The van der Waals surface area contributed by atoms with E-state index in [-0.39, 0.29) is 12.1 Å². The van der Waals surface area contributed by atoms with Crippen LogP contribution < -0.4 is 31.1 Å². The second-order valence-corrected chi connectivity index (χ2v) is 17.0. The Labute approximate surface area is 359 Å². The van der Waals surface area contributed by atoms with Crippen molar-refractivity contribution < 1.29 is 4.79 Å². The molecule has 6 aromatic rings. The van der Waals surface area contributed by atoms with E-state index in [2.05, 4.69) is 123 Å². The summed E-state index contributed by atoms with van der Waals surface area (Å²) in [6, 6.07) is 20.4. The first-order valence-corrected chi connectivity index (χ1v) is 22.0. The number of rotatable bonds is 14. The molecule has 0 spiro atoms. The van der Waals surface area contributed by atoms with Crippen molar-refractivity contribution in [2.75, 3.05) is 97.5 Å². The predicted octanol–water partition coefficient (Wildman–Crippen LogP) is 6.99. The van der Waals surface area contributed by atoms with E-state index in [0.29, 0.717) is 17.7 Å². The lowest BCUT2D eigenvalue weighted by molar-refractivity contribution is -0.128. The molecule has 2 atom stereocenters. The maximum absolute atomic E-state index is 13.8. The number of carbonyl (C=O) groups is 1. The number of aryl methyl sites for hydroxylation is 2. The SMILES string of the molecule is CNc1nc(C)c(-c2ccnc(Nc3ccc(N4CCN(C(C)C(=O)C(C)N5CCN(c6ccc(Nc7nccc(-c8sc(NC)nc8C)n7)cc6)CC5)CC4)cc3)n2)s1. The van der Waals surface area contributed by atoms with E-state index < -0.39 is 0 Å². The molecule has 0 amide bonds. The number of ketones is 1. The Kier molecular flexibility index (Phi) is 12.5. The first-order valence-electron chi connectivity index (χ1n) is 20.4. The zero-order valence-corrected chi connectivity index (χ0v) is 36.6. The summed E-state index contributed by atoms with van der Waals surface area (Å²) in [6.07, 6.45) is 3.54. The van der Waals surface area contributed by atoms with E-state index in [1.807, 2.05) is 40.1 Å². The van der Waals surface area contributed by atoms with Crippen LogP contribution in [0.25, 0.3) is 21.1 Å². The molecule has 2 aliphatic heterocycles. The first-order chi connectivity index (χ1) is 29.1. The van der Waals surface area contributed by atoms with Crippen LogP contribution in [-0.2, 0) is 4.79 Å². The molecule has 2 aromatic carbocycles. The molecule has 60 heavy (non-hydrogen) atoms. The van der Waals surface area contributed by atoms with Crippen LogP contribution in [0.3, 0.4) is 0 Å². The van der Waals surface area contributed by atoms with Crippen molar-refractivity contribution in [1.82, 2.24) is 39.7 Å². The number of hydrogen-bond acceptors (Lipinski definition) is 17. The van der Waals surface area contributed by atoms with Crippen LogP contribution in [0.1, 0.15) is 25.2 Å². The van der Waals surface area contributed by atoms with Gasteiger partial charge in [0.1, 0.15) is 0 Å². The van der Waals surface area contributed by atoms with Gasteiger partial charge in [-0.2, -0.15) is 0 Å². The number of Topliss-reactive ketones (excluding diaryl/α,β-unsaturated/α-hetero) is 1. The highest BCUT2D eigenvalue weighted by Crippen LogP contribution is 2.33. The van der Waals surface area contributed by atoms with Gasteiger partial charge in [0.05, 0.1) is 44.6 Å². The van der Waals surface area contributed by atoms with E-state index in [1.165, 1.54) is 0 Å². The second-order valence-electron chi connectivity index (χ2n) is 15.0. The Balaban J connectivity index is 0.783. The van der Waals surface area contributed by atoms with Crippen LogP contribution in [0.15, 0.2) is 73.1 Å². The Bertz CT molecular complexity index is 2220. The van der Waals surface area contributed by atoms with Gasteiger partial charge in [0.2, 0.25) is 11.9 Å². The van der Waals surface area contributed by atoms with Crippen molar-refractivity contribution in [2.24, 2.45) is 0 Å². The maximum atomic E-state index is 13.8. The van der Waals surface area contributed by atoms with Crippen LogP contribution in [0.5, 0.6) is 0 Å². The van der Waals surface area contributed by atoms with Gasteiger partial charge in [-0.15, -0.1) is 0 Å². The van der Waals surface area contributed by atoms with Crippen molar-refractivity contribution in [1.29, 1.82) is 0 Å². The summed E-state index contributed by atoms with van der Waals surface area (Å²) >= 11 is 3.16. The Morgan fingerprint density at radius 2 is 0.950 bits per heavy atom. The molecular formula is C43H52N14OS2. The fraction of sp³-hybridized carbons (Fsp3) is 0.372. The molecule has 8 rings (SSSR count). The van der Waals surface area contributed by atoms with E-state index in [4.69, 9.17) is 9.97 Å². The summed E-state index contributed by atoms with van der Waals surface area (Å²) in [4.78, 5) is 52.8. The number of nitrogens with one attached hydrogen (secondary N) is 4. The van der Waals surface area contributed by atoms with Crippen LogP contribution >= 0.6 is 22.7 Å². The quantitative estimate of drug-likeness (QED) is 0.0890. The minimum absolute atomic E-state index is 0.136. The van der Waals surface area contributed by atoms with E-state index in [9.17, 15) is 4.79 Å². The van der Waals surface area contributed by atoms with Crippen molar-refractivity contribution in [3.8, 4) is 21.1 Å². The third kappa shape index (κ3) is 9.18. The molecule has 0 radical (unpaired) electrons. The standard InChI is InChI=1S/C43H52N14OS2/c1-27-38(59-42(44-5)48-27)35-15-17-46-40(52-35)50-31-7-11-33(12-8-31)56-23-19-54(20-24-56)29(3)37(58)30(4)55-21-25-57(26-22-55)34-13-9-32(10-14-34)51-41-47-18-16-36(53-41)39-28(2)49-43(45-6)60-39/h7-18,29-30H,19-26H2,1-6H3,(H,44,48)(H,45,49)(H,46,50,52)(H,47,51,53). The smallest absolute Gasteiger partial charge is 0.227 e. The lowest BCUT2D eigenvalue weighted by Crippen LogP contribution is -2.57. The largest absolute Gasteiger partial charge is 0.369 e. The first kappa shape index (κ1) is 41.0. The maximum Gasteiger partial charge on any atom is 0.227 e. The van der Waals surface area contributed by atoms with Crippen molar-refractivity contribution >= 4 is 73.4 Å². The van der Waals surface area contributed by atoms with E-state index in [0.717, 1.165) is 118 Å². The molecule has 4 N–H and O–H groups in total. The average Bonchev–Trinajstić information content (AvgIpc) is 3.87. The van der Waals surface area contributed by atoms with E-state index in [1.54, 1.807) is 35.1 Å². The van der Waals surface area contributed by atoms with Gasteiger partial charge >= 0.3 is 0 Å². The van der Waals surface area contributed by atoms with Gasteiger partial charge in [-0.3, -0.25) is 14.6 Å². The van der Waals surface area contributed by atoms with Gasteiger partial charge in [0, 0.05) is 102 Å². The Morgan fingerprint density at radius 1 is 0.567 bits per heavy atom. The molecule has 312 valence electrons. The highest BCUT2D eigenvalue weighted by Gasteiger charge is 2.32. The molecule has 0 saturated carbocycles. The summed E-state index contributed by atoms with van der Waals surface area (Å²) < 4.78 is 0. The molecule has 17 heteroatoms. The fourth-order valence-electron chi connectivity index (χ4n) is 7.79. The summed E-state index contributed by atoms with van der Waals surface area (Å²) in [5.41, 5.74) is 7.74. The predicted molar refractivity (Wildman–Crippen MR) is 246 cm³/mol. The molecule has 0 aliphatic carbocycles. The van der Waals surface area contributed by atoms with Gasteiger partial charge in [0.15, 0.2) is 16.0 Å². The van der Waals surface area contributed by atoms with Crippen molar-refractivity contribution in [2.45, 2.75) is 39.8 Å². The third-order valence-electron chi connectivity index (χ3n) is 11.3. The average molecular weight is 845 g/mol. The van der Waals surface area contributed by atoms with Crippen LogP contribution in [-0.4, -0.2) is 124 Å². The van der Waals surface area contributed by atoms with Crippen molar-refractivity contribution in [3.05, 3.63) is 84.4 Å². The molecule has 15 nitrogen and oxygen atoms in total. The number of thiazole rings is 2. The molecule has 2 unspecified atom stereocenters. The molecule has 2 fully saturated rings. The zero-order valence-electron chi connectivity index (χ0n) is 34.9. The molecular weight excluding hydrogens is 793 g/mol. The summed E-state index contributed by atoms with van der Waals surface area (Å²) in [7, 11) is 3.74. The normalized spacial score (nSPS) is 16.0. The van der Waals surface area contributed by atoms with Crippen LogP contribution in [0.2, 0.25) is 0 Å². The molecule has 2 saturated heterocycles. The van der Waals surface area contributed by atoms with Gasteiger partial charge < -0.3 is 31.1 Å². The van der Waals surface area contributed by atoms with Crippen LogP contribution in [0.4, 0.5) is 44.9 Å². The van der Waals surface area contributed by atoms with Crippen LogP contribution in [0, 0.1) is 13.8 Å². The number of anilines is 8. The number of aromatic nitrogens is 6. The van der Waals surface area contributed by atoms with Gasteiger partial charge in [-0.05, 0) is 88.4 Å². The summed E-state index contributed by atoms with van der Waals surface area (Å²) in [6.45, 7) is 15.0. The lowest BCUT2D eigenvalue weighted by atomic mass is 10.0. The molecule has 0 bridgehead atoms. The highest BCUT2D eigenvalue weighted by molar-refractivity contribution is 7.19. The highest BCUT2D eigenvalue weighted by atomic mass is 32.1. The van der Waals surface area contributed by atoms with E-state index >= 15 is 0 Å². The number of hydrogen-bond donors (Lipinski definition) is 4. The van der Waals surface area contributed by atoms with Gasteiger partial charge in [-0.1, -0.05) is 22.7 Å². The number of benzene rings is 2. The van der Waals surface area contributed by atoms with Crippen molar-refractivity contribution in [3.63, 3.8) is 0 Å². The zero-order chi connectivity index (χ0) is 41.8. The summed E-state index contributed by atoms with van der Waals surface area (Å²) in [5.74, 6) is 1.38. The molecule has 2 aliphatic rings. The summed E-state index contributed by atoms with van der Waals surface area (Å²) in [5, 5.41) is 14.6. The van der Waals surface area contributed by atoms with Gasteiger partial charge in [-0.25, -0.2) is 29.9 Å². The second kappa shape index (κ2) is 18.3. The minimum Gasteiger partial charge on any atom is -0.369 e. The minimum atomic E-state index is -0.136. The number of carbonyl (C=O) groups excluding carboxylic acids is 1. The Morgan fingerprint density at radius 3 is 1.30 bits per heavy atom. The monoisotopic (exact) mass is 844 g/mol. The Hall–Kier alpha value is -5.75. The number of piperazine rings is 2. The fourth-order valence-corrected chi connectivity index (χ4v) is 9.57.